The predicted octanol–water partition coefficient (Wildman–Crippen LogP) is 6.03. The molecule has 1 nitrogen and oxygen atoms in total. The third-order valence-corrected chi connectivity index (χ3v) is 4.02. The number of phenols is 1. The van der Waals surface area contributed by atoms with Crippen LogP contribution in [0.25, 0.3) is 0 Å². The molecule has 1 rings (SSSR count). The van der Waals surface area contributed by atoms with Crippen LogP contribution in [-0.4, -0.2) is 5.11 Å². The molecule has 0 saturated heterocycles. The number of benzene rings is 1. The highest BCUT2D eigenvalue weighted by molar-refractivity contribution is 5.36. The Kier molecular flexibility index (Phi) is 9.19. The van der Waals surface area contributed by atoms with Crippen LogP contribution in [0.4, 0.5) is 0 Å². The number of hydrogen-bond donors (Lipinski definition) is 1. The SMILES string of the molecule is CCCCCCCCCc1ccc(CCCC)cc1O. The fraction of sp³-hybridized carbons (Fsp3) is 0.684. The van der Waals surface area contributed by atoms with Crippen LogP contribution in [0.3, 0.4) is 0 Å². The molecule has 0 aromatic heterocycles. The maximum absolute atomic E-state index is 10.1. The number of aromatic hydroxyl groups is 1. The Bertz CT molecular complexity index is 357. The molecule has 0 amide bonds. The summed E-state index contributed by atoms with van der Waals surface area (Å²) in [6, 6.07) is 6.27. The molecule has 0 radical (unpaired) electrons. The number of unbranched alkanes of at least 4 members (excludes halogenated alkanes) is 7. The molecule has 1 heteroatoms. The van der Waals surface area contributed by atoms with Gasteiger partial charge in [-0.25, -0.2) is 0 Å². The number of rotatable bonds is 11. The van der Waals surface area contributed by atoms with Crippen LogP contribution in [0, 0.1) is 0 Å². The van der Waals surface area contributed by atoms with Crippen molar-refractivity contribution in [1.29, 1.82) is 0 Å². The van der Waals surface area contributed by atoms with Gasteiger partial charge in [0.05, 0.1) is 0 Å². The average Bonchev–Trinajstić information content (AvgIpc) is 2.46. The van der Waals surface area contributed by atoms with Crippen LogP contribution >= 0.6 is 0 Å². The van der Waals surface area contributed by atoms with Gasteiger partial charge in [-0.2, -0.15) is 0 Å². The van der Waals surface area contributed by atoms with Gasteiger partial charge in [0.15, 0.2) is 0 Å². The molecule has 0 spiro atoms. The van der Waals surface area contributed by atoms with Gasteiger partial charge >= 0.3 is 0 Å². The zero-order valence-electron chi connectivity index (χ0n) is 13.5. The van der Waals surface area contributed by atoms with Crippen molar-refractivity contribution in [1.82, 2.24) is 0 Å². The largest absolute Gasteiger partial charge is 0.508 e. The van der Waals surface area contributed by atoms with E-state index < -0.39 is 0 Å². The van der Waals surface area contributed by atoms with Gasteiger partial charge in [-0.1, -0.05) is 70.9 Å². The third-order valence-electron chi connectivity index (χ3n) is 4.02. The molecule has 0 heterocycles. The minimum Gasteiger partial charge on any atom is -0.508 e. The Morgan fingerprint density at radius 2 is 1.40 bits per heavy atom. The van der Waals surface area contributed by atoms with Gasteiger partial charge in [-0.3, -0.25) is 0 Å². The molecule has 1 aromatic carbocycles. The van der Waals surface area contributed by atoms with E-state index in [9.17, 15) is 5.11 Å². The van der Waals surface area contributed by atoms with E-state index in [-0.39, 0.29) is 0 Å². The van der Waals surface area contributed by atoms with Gasteiger partial charge in [0, 0.05) is 0 Å². The van der Waals surface area contributed by atoms with Crippen molar-refractivity contribution < 1.29 is 5.11 Å². The molecule has 0 fully saturated rings. The van der Waals surface area contributed by atoms with Crippen molar-refractivity contribution in [2.75, 3.05) is 0 Å². The van der Waals surface area contributed by atoms with Crippen LogP contribution in [0.1, 0.15) is 82.8 Å². The molecular weight excluding hydrogens is 244 g/mol. The Labute approximate surface area is 125 Å². The highest BCUT2D eigenvalue weighted by Crippen LogP contribution is 2.22. The molecule has 114 valence electrons. The number of hydrogen-bond acceptors (Lipinski definition) is 1. The Hall–Kier alpha value is -0.980. The first-order chi connectivity index (χ1) is 9.77. The standard InChI is InChI=1S/C19H32O/c1-3-5-7-8-9-10-11-13-18-15-14-17(12-6-4-2)16-19(18)20/h14-16,20H,3-13H2,1-2H3. The van der Waals surface area contributed by atoms with Gasteiger partial charge in [-0.15, -0.1) is 0 Å². The summed E-state index contributed by atoms with van der Waals surface area (Å²) >= 11 is 0. The zero-order chi connectivity index (χ0) is 14.6. The summed E-state index contributed by atoms with van der Waals surface area (Å²) in [7, 11) is 0. The smallest absolute Gasteiger partial charge is 0.119 e. The van der Waals surface area contributed by atoms with Crippen LogP contribution in [0.15, 0.2) is 18.2 Å². The molecule has 0 aliphatic carbocycles. The van der Waals surface area contributed by atoms with E-state index in [4.69, 9.17) is 0 Å². The lowest BCUT2D eigenvalue weighted by Gasteiger charge is -2.07. The van der Waals surface area contributed by atoms with Crippen molar-refractivity contribution in [2.24, 2.45) is 0 Å². The lowest BCUT2D eigenvalue weighted by molar-refractivity contribution is 0.465. The Morgan fingerprint density at radius 3 is 2.05 bits per heavy atom. The quantitative estimate of drug-likeness (QED) is 0.489. The summed E-state index contributed by atoms with van der Waals surface area (Å²) in [5, 5.41) is 10.1. The molecule has 0 aliphatic rings. The molecule has 0 atom stereocenters. The Morgan fingerprint density at radius 1 is 0.750 bits per heavy atom. The van der Waals surface area contributed by atoms with E-state index in [0.717, 1.165) is 18.4 Å². The first-order valence-corrected chi connectivity index (χ1v) is 8.58. The summed E-state index contributed by atoms with van der Waals surface area (Å²) in [5.74, 6) is 0.504. The highest BCUT2D eigenvalue weighted by atomic mass is 16.3. The predicted molar refractivity (Wildman–Crippen MR) is 88.4 cm³/mol. The van der Waals surface area contributed by atoms with Gasteiger partial charge < -0.3 is 5.11 Å². The molecule has 0 unspecified atom stereocenters. The monoisotopic (exact) mass is 276 g/mol. The molecule has 20 heavy (non-hydrogen) atoms. The van der Waals surface area contributed by atoms with E-state index in [2.05, 4.69) is 26.0 Å². The van der Waals surface area contributed by atoms with Crippen molar-refractivity contribution in [3.05, 3.63) is 29.3 Å². The van der Waals surface area contributed by atoms with E-state index >= 15 is 0 Å². The number of aryl methyl sites for hydroxylation is 2. The maximum atomic E-state index is 10.1. The Balaban J connectivity index is 2.23. The van der Waals surface area contributed by atoms with E-state index in [1.165, 1.54) is 63.4 Å². The minimum absolute atomic E-state index is 0.504. The fourth-order valence-electron chi connectivity index (χ4n) is 2.63. The zero-order valence-corrected chi connectivity index (χ0v) is 13.5. The first kappa shape index (κ1) is 17.1. The molecular formula is C19H32O. The average molecular weight is 276 g/mol. The highest BCUT2D eigenvalue weighted by Gasteiger charge is 2.03. The summed E-state index contributed by atoms with van der Waals surface area (Å²) in [5.41, 5.74) is 2.39. The van der Waals surface area contributed by atoms with Crippen LogP contribution in [-0.2, 0) is 12.8 Å². The third kappa shape index (κ3) is 6.98. The van der Waals surface area contributed by atoms with E-state index in [1.807, 2.05) is 6.07 Å². The van der Waals surface area contributed by atoms with Crippen molar-refractivity contribution >= 4 is 0 Å². The summed E-state index contributed by atoms with van der Waals surface area (Å²) in [6.07, 6.45) is 13.8. The van der Waals surface area contributed by atoms with Gasteiger partial charge in [0.2, 0.25) is 0 Å². The minimum atomic E-state index is 0.504. The molecule has 0 saturated carbocycles. The second-order valence-corrected chi connectivity index (χ2v) is 5.94. The summed E-state index contributed by atoms with van der Waals surface area (Å²) in [6.45, 7) is 4.46. The lowest BCUT2D eigenvalue weighted by Crippen LogP contribution is -1.90. The van der Waals surface area contributed by atoms with Gasteiger partial charge in [0.1, 0.15) is 5.75 Å². The van der Waals surface area contributed by atoms with Crippen LogP contribution in [0.5, 0.6) is 5.75 Å². The normalized spacial score (nSPS) is 10.9. The van der Waals surface area contributed by atoms with Crippen LogP contribution in [0.2, 0.25) is 0 Å². The van der Waals surface area contributed by atoms with Gasteiger partial charge in [0.25, 0.3) is 0 Å². The van der Waals surface area contributed by atoms with Crippen molar-refractivity contribution in [3.8, 4) is 5.75 Å². The lowest BCUT2D eigenvalue weighted by atomic mass is 10.0. The first-order valence-electron chi connectivity index (χ1n) is 8.58. The summed E-state index contributed by atoms with van der Waals surface area (Å²) < 4.78 is 0. The van der Waals surface area contributed by atoms with Crippen LogP contribution < -0.4 is 0 Å². The van der Waals surface area contributed by atoms with Crippen molar-refractivity contribution in [3.63, 3.8) is 0 Å². The molecule has 0 aliphatic heterocycles. The molecule has 0 bridgehead atoms. The van der Waals surface area contributed by atoms with E-state index in [1.54, 1.807) is 0 Å². The second kappa shape index (κ2) is 10.8. The second-order valence-electron chi connectivity index (χ2n) is 5.94. The topological polar surface area (TPSA) is 20.2 Å². The van der Waals surface area contributed by atoms with Crippen molar-refractivity contribution in [2.45, 2.75) is 84.5 Å². The number of phenolic OH excluding ortho intramolecular Hbond substituents is 1. The maximum Gasteiger partial charge on any atom is 0.119 e. The summed E-state index contributed by atoms with van der Waals surface area (Å²) in [4.78, 5) is 0. The fourth-order valence-corrected chi connectivity index (χ4v) is 2.63. The molecule has 1 aromatic rings. The van der Waals surface area contributed by atoms with E-state index in [0.29, 0.717) is 5.75 Å². The molecule has 1 N–H and O–H groups in total. The van der Waals surface area contributed by atoms with Gasteiger partial charge in [-0.05, 0) is 42.9 Å².